The number of benzene rings is 2. The minimum absolute atomic E-state index is 0.0380. The minimum Gasteiger partial charge on any atom is -0.484 e. The highest BCUT2D eigenvalue weighted by atomic mass is 79.9. The van der Waals surface area contributed by atoms with Crippen molar-refractivity contribution in [2.24, 2.45) is 0 Å². The molecule has 0 unspecified atom stereocenters. The first kappa shape index (κ1) is 24.2. The molecule has 5 nitrogen and oxygen atoms in total. The van der Waals surface area contributed by atoms with E-state index in [0.717, 1.165) is 22.0 Å². The summed E-state index contributed by atoms with van der Waals surface area (Å²) in [4.78, 5) is 27.3. The van der Waals surface area contributed by atoms with Crippen LogP contribution in [-0.2, 0) is 16.1 Å². The summed E-state index contributed by atoms with van der Waals surface area (Å²) in [5.74, 6) is 0.105. The first-order valence-electron chi connectivity index (χ1n) is 9.94. The highest BCUT2D eigenvalue weighted by Crippen LogP contribution is 2.21. The van der Waals surface area contributed by atoms with Crippen LogP contribution in [0.1, 0.15) is 38.3 Å². The highest BCUT2D eigenvalue weighted by molar-refractivity contribution is 9.10. The second-order valence-electron chi connectivity index (χ2n) is 7.35. The van der Waals surface area contributed by atoms with Crippen molar-refractivity contribution in [3.05, 3.63) is 63.1 Å². The van der Waals surface area contributed by atoms with Crippen molar-refractivity contribution in [1.29, 1.82) is 0 Å². The maximum atomic E-state index is 13.0. The van der Waals surface area contributed by atoms with Crippen molar-refractivity contribution in [2.75, 3.05) is 6.61 Å². The third-order valence-electron chi connectivity index (χ3n) is 4.90. The van der Waals surface area contributed by atoms with Crippen LogP contribution in [0.15, 0.2) is 46.9 Å². The molecule has 30 heavy (non-hydrogen) atoms. The summed E-state index contributed by atoms with van der Waals surface area (Å²) < 4.78 is 6.60. The molecule has 0 radical (unpaired) electrons. The smallest absolute Gasteiger partial charge is 0.261 e. The van der Waals surface area contributed by atoms with Gasteiger partial charge in [0.1, 0.15) is 11.8 Å². The Morgan fingerprint density at radius 3 is 2.57 bits per heavy atom. The number of ether oxygens (including phenoxy) is 1. The number of carbonyl (C=O) groups excluding carboxylic acids is 2. The summed E-state index contributed by atoms with van der Waals surface area (Å²) >= 11 is 9.50. The lowest BCUT2D eigenvalue weighted by atomic mass is 10.1. The maximum absolute atomic E-state index is 13.0. The molecule has 2 amide bonds. The monoisotopic (exact) mass is 494 g/mol. The molecule has 0 bridgehead atoms. The molecule has 2 rings (SSSR count). The van der Waals surface area contributed by atoms with E-state index in [1.807, 2.05) is 45.0 Å². The predicted molar refractivity (Wildman–Crippen MR) is 124 cm³/mol. The van der Waals surface area contributed by atoms with Gasteiger partial charge in [-0.05, 0) is 68.7 Å². The van der Waals surface area contributed by atoms with Crippen LogP contribution >= 0.6 is 27.5 Å². The SMILES string of the molecule is CC[C@@H](C)NC(=O)[C@@H](C)N(Cc1cccc(Br)c1)C(=O)COc1ccc(Cl)c(C)c1. The van der Waals surface area contributed by atoms with Crippen molar-refractivity contribution in [1.82, 2.24) is 10.2 Å². The fourth-order valence-electron chi connectivity index (χ4n) is 2.82. The fourth-order valence-corrected chi connectivity index (χ4v) is 3.38. The molecule has 0 spiro atoms. The molecule has 2 aromatic carbocycles. The third-order valence-corrected chi connectivity index (χ3v) is 5.82. The number of nitrogens with one attached hydrogen (secondary N) is 1. The van der Waals surface area contributed by atoms with E-state index >= 15 is 0 Å². The number of amides is 2. The van der Waals surface area contributed by atoms with Gasteiger partial charge >= 0.3 is 0 Å². The predicted octanol–water partition coefficient (Wildman–Crippen LogP) is 5.12. The van der Waals surface area contributed by atoms with Gasteiger partial charge in [0.05, 0.1) is 0 Å². The van der Waals surface area contributed by atoms with E-state index in [9.17, 15) is 9.59 Å². The third kappa shape index (κ3) is 7.03. The Morgan fingerprint density at radius 2 is 1.93 bits per heavy atom. The molecule has 2 atom stereocenters. The molecule has 0 aliphatic rings. The summed E-state index contributed by atoms with van der Waals surface area (Å²) in [5.41, 5.74) is 1.79. The van der Waals surface area contributed by atoms with Gasteiger partial charge in [0.2, 0.25) is 5.91 Å². The lowest BCUT2D eigenvalue weighted by Gasteiger charge is -2.29. The Balaban J connectivity index is 2.16. The summed E-state index contributed by atoms with van der Waals surface area (Å²) in [6, 6.07) is 12.3. The van der Waals surface area contributed by atoms with Crippen LogP contribution in [-0.4, -0.2) is 35.4 Å². The molecular formula is C23H28BrClN2O3. The van der Waals surface area contributed by atoms with Gasteiger partial charge in [-0.3, -0.25) is 9.59 Å². The average molecular weight is 496 g/mol. The summed E-state index contributed by atoms with van der Waals surface area (Å²) in [6.07, 6.45) is 0.817. The van der Waals surface area contributed by atoms with Crippen molar-refractivity contribution < 1.29 is 14.3 Å². The normalized spacial score (nSPS) is 12.7. The minimum atomic E-state index is -0.638. The van der Waals surface area contributed by atoms with E-state index in [4.69, 9.17) is 16.3 Å². The van der Waals surface area contributed by atoms with Gasteiger partial charge in [-0.2, -0.15) is 0 Å². The second kappa shape index (κ2) is 11.4. The zero-order chi connectivity index (χ0) is 22.3. The van der Waals surface area contributed by atoms with E-state index in [1.165, 1.54) is 0 Å². The zero-order valence-electron chi connectivity index (χ0n) is 17.7. The molecule has 7 heteroatoms. The topological polar surface area (TPSA) is 58.6 Å². The maximum Gasteiger partial charge on any atom is 0.261 e. The van der Waals surface area contributed by atoms with Gasteiger partial charge in [0.25, 0.3) is 5.91 Å². The Hall–Kier alpha value is -2.05. The zero-order valence-corrected chi connectivity index (χ0v) is 20.1. The van der Waals surface area contributed by atoms with E-state index in [-0.39, 0.29) is 24.5 Å². The fraction of sp³-hybridized carbons (Fsp3) is 0.391. The lowest BCUT2D eigenvalue weighted by Crippen LogP contribution is -2.50. The van der Waals surface area contributed by atoms with Gasteiger partial charge in [0.15, 0.2) is 6.61 Å². The average Bonchev–Trinajstić information content (AvgIpc) is 2.72. The number of hydrogen-bond acceptors (Lipinski definition) is 3. The Bertz CT molecular complexity index is 891. The van der Waals surface area contributed by atoms with Crippen molar-refractivity contribution in [3.8, 4) is 5.75 Å². The van der Waals surface area contributed by atoms with Crippen LogP contribution < -0.4 is 10.1 Å². The highest BCUT2D eigenvalue weighted by Gasteiger charge is 2.27. The second-order valence-corrected chi connectivity index (χ2v) is 8.67. The van der Waals surface area contributed by atoms with Crippen molar-refractivity contribution in [3.63, 3.8) is 0 Å². The van der Waals surface area contributed by atoms with Crippen LogP contribution in [0.25, 0.3) is 0 Å². The molecule has 0 fully saturated rings. The van der Waals surface area contributed by atoms with Gasteiger partial charge in [-0.1, -0.05) is 46.6 Å². The van der Waals surface area contributed by atoms with Crippen LogP contribution in [0.4, 0.5) is 0 Å². The van der Waals surface area contributed by atoms with Gasteiger partial charge in [-0.25, -0.2) is 0 Å². The van der Waals surface area contributed by atoms with E-state index in [2.05, 4.69) is 21.2 Å². The Labute approximate surface area is 191 Å². The summed E-state index contributed by atoms with van der Waals surface area (Å²) in [6.45, 7) is 7.68. The first-order valence-corrected chi connectivity index (χ1v) is 11.1. The number of halogens is 2. The molecule has 0 aliphatic heterocycles. The molecule has 0 aromatic heterocycles. The molecule has 162 valence electrons. The number of aryl methyl sites for hydroxylation is 1. The molecule has 0 aliphatic carbocycles. The van der Waals surface area contributed by atoms with Gasteiger partial charge < -0.3 is 15.0 Å². The summed E-state index contributed by atoms with van der Waals surface area (Å²) in [5, 5.41) is 3.59. The van der Waals surface area contributed by atoms with E-state index in [0.29, 0.717) is 17.3 Å². The van der Waals surface area contributed by atoms with Gasteiger partial charge in [-0.15, -0.1) is 0 Å². The largest absolute Gasteiger partial charge is 0.484 e. The van der Waals surface area contributed by atoms with Crippen LogP contribution in [0.5, 0.6) is 5.75 Å². The Kier molecular flexibility index (Phi) is 9.18. The number of carbonyl (C=O) groups is 2. The Morgan fingerprint density at radius 1 is 1.20 bits per heavy atom. The molecule has 1 N–H and O–H groups in total. The standard InChI is InChI=1S/C23H28BrClN2O3/c1-5-16(3)26-23(29)17(4)27(13-18-7-6-8-19(24)12-18)22(28)14-30-20-9-10-21(25)15(2)11-20/h6-12,16-17H,5,13-14H2,1-4H3,(H,26,29)/t16-,17-/m1/s1. The molecule has 0 saturated heterocycles. The lowest BCUT2D eigenvalue weighted by molar-refractivity contribution is -0.142. The number of rotatable bonds is 9. The van der Waals surface area contributed by atoms with Crippen LogP contribution in [0, 0.1) is 6.92 Å². The van der Waals surface area contributed by atoms with Crippen LogP contribution in [0.3, 0.4) is 0 Å². The van der Waals surface area contributed by atoms with E-state index in [1.54, 1.807) is 30.0 Å². The molecule has 0 heterocycles. The number of hydrogen-bond donors (Lipinski definition) is 1. The van der Waals surface area contributed by atoms with E-state index < -0.39 is 6.04 Å². The summed E-state index contributed by atoms with van der Waals surface area (Å²) in [7, 11) is 0. The quantitative estimate of drug-likeness (QED) is 0.525. The van der Waals surface area contributed by atoms with Crippen molar-refractivity contribution >= 4 is 39.3 Å². The molecular weight excluding hydrogens is 468 g/mol. The van der Waals surface area contributed by atoms with Gasteiger partial charge in [0, 0.05) is 22.1 Å². The van der Waals surface area contributed by atoms with Crippen molar-refractivity contribution in [2.45, 2.75) is 52.7 Å². The first-order chi connectivity index (χ1) is 14.2. The molecule has 0 saturated carbocycles. The number of nitrogens with zero attached hydrogens (tertiary/aromatic N) is 1. The molecule has 2 aromatic rings. The van der Waals surface area contributed by atoms with Crippen LogP contribution in [0.2, 0.25) is 5.02 Å².